The Morgan fingerprint density at radius 2 is 1.55 bits per heavy atom. The molecule has 0 spiro atoms. The second-order valence-corrected chi connectivity index (χ2v) is 5.95. The van der Waals surface area contributed by atoms with Crippen LogP contribution in [0.3, 0.4) is 0 Å². The van der Waals surface area contributed by atoms with Gasteiger partial charge in [-0.05, 0) is 42.0 Å². The second-order valence-electron chi connectivity index (χ2n) is 5.95. The summed E-state index contributed by atoms with van der Waals surface area (Å²) in [5.41, 5.74) is 5.97. The number of aliphatic imine (C=N–C) groups is 1. The van der Waals surface area contributed by atoms with Crippen LogP contribution in [0.1, 0.15) is 62.0 Å². The van der Waals surface area contributed by atoms with Crippen LogP contribution in [-0.2, 0) is 0 Å². The van der Waals surface area contributed by atoms with Crippen LogP contribution in [-0.4, -0.2) is 11.2 Å². The molecule has 1 heterocycles. The molecular weight excluding hydrogens is 244 g/mol. The number of nitrogens with one attached hydrogen (secondary N) is 1. The van der Waals surface area contributed by atoms with Gasteiger partial charge < -0.3 is 4.98 Å². The molecule has 0 radical (unpaired) electrons. The van der Waals surface area contributed by atoms with E-state index in [1.54, 1.807) is 0 Å². The molecule has 0 aliphatic rings. The number of benzene rings is 1. The summed E-state index contributed by atoms with van der Waals surface area (Å²) in [5.74, 6) is 0.956. The van der Waals surface area contributed by atoms with Crippen LogP contribution in [0.5, 0.6) is 0 Å². The summed E-state index contributed by atoms with van der Waals surface area (Å²) < 4.78 is 0. The average molecular weight is 268 g/mol. The van der Waals surface area contributed by atoms with Crippen molar-refractivity contribution in [2.75, 3.05) is 0 Å². The quantitative estimate of drug-likeness (QED) is 0.727. The summed E-state index contributed by atoms with van der Waals surface area (Å²) in [6.07, 6.45) is 1.93. The molecule has 1 aromatic heterocycles. The number of aryl methyl sites for hydroxylation is 1. The number of hydrogen-bond donors (Lipinski definition) is 1. The molecule has 20 heavy (non-hydrogen) atoms. The first-order chi connectivity index (χ1) is 9.49. The maximum Gasteiger partial charge on any atom is 0.0699 e. The van der Waals surface area contributed by atoms with Crippen molar-refractivity contribution >= 4 is 11.9 Å². The highest BCUT2D eigenvalue weighted by Gasteiger charge is 2.12. The first kappa shape index (κ1) is 14.6. The third-order valence-electron chi connectivity index (χ3n) is 3.53. The fraction of sp³-hybridized carbons (Fsp3) is 0.389. The van der Waals surface area contributed by atoms with Gasteiger partial charge in [-0.3, -0.25) is 4.99 Å². The van der Waals surface area contributed by atoms with E-state index in [1.807, 2.05) is 6.21 Å². The smallest absolute Gasteiger partial charge is 0.0699 e. The van der Waals surface area contributed by atoms with Crippen molar-refractivity contribution in [3.8, 4) is 0 Å². The summed E-state index contributed by atoms with van der Waals surface area (Å²) in [6, 6.07) is 10.6. The van der Waals surface area contributed by atoms with Crippen LogP contribution in [0.15, 0.2) is 35.3 Å². The molecule has 0 atom stereocenters. The molecule has 0 bridgehead atoms. The van der Waals surface area contributed by atoms with E-state index in [9.17, 15) is 0 Å². The van der Waals surface area contributed by atoms with Gasteiger partial charge in [-0.25, -0.2) is 0 Å². The molecule has 0 saturated carbocycles. The van der Waals surface area contributed by atoms with Gasteiger partial charge >= 0.3 is 0 Å². The molecule has 2 aromatic rings. The van der Waals surface area contributed by atoms with Gasteiger partial charge in [-0.2, -0.15) is 0 Å². The highest BCUT2D eigenvalue weighted by atomic mass is 14.8. The van der Waals surface area contributed by atoms with Gasteiger partial charge in [0, 0.05) is 5.69 Å². The van der Waals surface area contributed by atoms with Gasteiger partial charge in [0.25, 0.3) is 0 Å². The molecule has 106 valence electrons. The number of nitrogens with zero attached hydrogens (tertiary/aromatic N) is 1. The number of hydrogen-bond acceptors (Lipinski definition) is 1. The molecule has 2 rings (SSSR count). The number of aromatic nitrogens is 1. The van der Waals surface area contributed by atoms with Crippen molar-refractivity contribution in [3.63, 3.8) is 0 Å². The van der Waals surface area contributed by atoms with E-state index >= 15 is 0 Å². The van der Waals surface area contributed by atoms with E-state index < -0.39 is 0 Å². The fourth-order valence-corrected chi connectivity index (χ4v) is 2.40. The Balaban J connectivity index is 2.45. The zero-order valence-electron chi connectivity index (χ0n) is 13.1. The average Bonchev–Trinajstić information content (AvgIpc) is 2.81. The normalized spacial score (nSPS) is 11.9. The standard InChI is InChI=1S/C18H24N2/c1-12(2)16-7-6-8-17(13(3)4)18(16)19-11-15-10-9-14(5)20-15/h6-13,20H,1-5H3. The lowest BCUT2D eigenvalue weighted by molar-refractivity contribution is 0.835. The monoisotopic (exact) mass is 268 g/mol. The first-order valence-electron chi connectivity index (χ1n) is 7.31. The molecule has 0 saturated heterocycles. The Labute approximate surface area is 122 Å². The van der Waals surface area contributed by atoms with E-state index in [0.717, 1.165) is 17.1 Å². The van der Waals surface area contributed by atoms with E-state index in [4.69, 9.17) is 4.99 Å². The van der Waals surface area contributed by atoms with Gasteiger partial charge in [0.1, 0.15) is 0 Å². The maximum atomic E-state index is 4.78. The zero-order valence-corrected chi connectivity index (χ0v) is 13.1. The van der Waals surface area contributed by atoms with Crippen molar-refractivity contribution in [3.05, 3.63) is 52.8 Å². The minimum absolute atomic E-state index is 0.478. The predicted octanol–water partition coefficient (Wildman–Crippen LogP) is 5.32. The largest absolute Gasteiger partial charge is 0.358 e. The second kappa shape index (κ2) is 6.08. The topological polar surface area (TPSA) is 28.1 Å². The molecule has 0 fully saturated rings. The lowest BCUT2D eigenvalue weighted by Gasteiger charge is -2.16. The Hall–Kier alpha value is -1.83. The van der Waals surface area contributed by atoms with Crippen LogP contribution in [0.25, 0.3) is 0 Å². The van der Waals surface area contributed by atoms with Gasteiger partial charge in [-0.1, -0.05) is 45.9 Å². The molecule has 1 N–H and O–H groups in total. The van der Waals surface area contributed by atoms with Crippen molar-refractivity contribution in [1.82, 2.24) is 4.98 Å². The number of aromatic amines is 1. The molecule has 0 aliphatic carbocycles. The molecule has 0 aliphatic heterocycles. The Morgan fingerprint density at radius 3 is 2.00 bits per heavy atom. The van der Waals surface area contributed by atoms with E-state index in [0.29, 0.717) is 11.8 Å². The molecule has 2 heteroatoms. The van der Waals surface area contributed by atoms with Gasteiger partial charge in [0.05, 0.1) is 17.6 Å². The molecular formula is C18H24N2. The lowest BCUT2D eigenvalue weighted by atomic mass is 9.93. The highest BCUT2D eigenvalue weighted by molar-refractivity contribution is 5.81. The summed E-state index contributed by atoms with van der Waals surface area (Å²) >= 11 is 0. The van der Waals surface area contributed by atoms with Crippen LogP contribution in [0.2, 0.25) is 0 Å². The summed E-state index contributed by atoms with van der Waals surface area (Å²) in [4.78, 5) is 8.07. The SMILES string of the molecule is Cc1ccc(C=Nc2c(C(C)C)cccc2C(C)C)[nH]1. The summed E-state index contributed by atoms with van der Waals surface area (Å²) in [6.45, 7) is 10.9. The summed E-state index contributed by atoms with van der Waals surface area (Å²) in [7, 11) is 0. The third kappa shape index (κ3) is 3.19. The van der Waals surface area contributed by atoms with Crippen LogP contribution in [0.4, 0.5) is 5.69 Å². The Morgan fingerprint density at radius 1 is 0.950 bits per heavy atom. The Bertz CT molecular complexity index is 577. The van der Waals surface area contributed by atoms with Gasteiger partial charge in [0.15, 0.2) is 0 Å². The van der Waals surface area contributed by atoms with Crippen molar-refractivity contribution in [1.29, 1.82) is 0 Å². The maximum absolute atomic E-state index is 4.78. The number of para-hydroxylation sites is 1. The van der Waals surface area contributed by atoms with Crippen LogP contribution < -0.4 is 0 Å². The lowest BCUT2D eigenvalue weighted by Crippen LogP contribution is -1.95. The minimum atomic E-state index is 0.478. The zero-order chi connectivity index (χ0) is 14.7. The highest BCUT2D eigenvalue weighted by Crippen LogP contribution is 2.34. The van der Waals surface area contributed by atoms with E-state index in [2.05, 4.69) is 69.9 Å². The first-order valence-corrected chi connectivity index (χ1v) is 7.31. The number of rotatable bonds is 4. The predicted molar refractivity (Wildman–Crippen MR) is 87.4 cm³/mol. The van der Waals surface area contributed by atoms with E-state index in [-0.39, 0.29) is 0 Å². The van der Waals surface area contributed by atoms with Crippen molar-refractivity contribution < 1.29 is 0 Å². The fourth-order valence-electron chi connectivity index (χ4n) is 2.40. The molecule has 0 amide bonds. The van der Waals surface area contributed by atoms with Crippen LogP contribution >= 0.6 is 0 Å². The van der Waals surface area contributed by atoms with Crippen molar-refractivity contribution in [2.24, 2.45) is 4.99 Å². The van der Waals surface area contributed by atoms with Crippen LogP contribution in [0, 0.1) is 6.92 Å². The number of H-pyrrole nitrogens is 1. The Kier molecular flexibility index (Phi) is 4.43. The molecule has 1 aromatic carbocycles. The molecule has 0 unspecified atom stereocenters. The minimum Gasteiger partial charge on any atom is -0.358 e. The van der Waals surface area contributed by atoms with Gasteiger partial charge in [0.2, 0.25) is 0 Å². The van der Waals surface area contributed by atoms with Gasteiger partial charge in [-0.15, -0.1) is 0 Å². The molecule has 2 nitrogen and oxygen atoms in total. The third-order valence-corrected chi connectivity index (χ3v) is 3.53. The van der Waals surface area contributed by atoms with Crippen molar-refractivity contribution in [2.45, 2.75) is 46.5 Å². The summed E-state index contributed by atoms with van der Waals surface area (Å²) in [5, 5.41) is 0. The van der Waals surface area contributed by atoms with E-state index in [1.165, 1.54) is 11.1 Å².